The van der Waals surface area contributed by atoms with Crippen LogP contribution in [0, 0.1) is 6.92 Å². The van der Waals surface area contributed by atoms with Gasteiger partial charge in [-0.2, -0.15) is 0 Å². The number of pyridine rings is 1. The summed E-state index contributed by atoms with van der Waals surface area (Å²) in [6.07, 6.45) is 1.63. The number of nitrogens with one attached hydrogen (secondary N) is 2. The molecule has 0 saturated heterocycles. The molecule has 1 heterocycles. The van der Waals surface area contributed by atoms with Crippen LogP contribution >= 0.6 is 0 Å². The molecule has 0 saturated carbocycles. The molecule has 2 aromatic carbocycles. The van der Waals surface area contributed by atoms with Crippen LogP contribution in [0.4, 0.5) is 11.5 Å². The molecule has 1 aromatic heterocycles. The predicted octanol–water partition coefficient (Wildman–Crippen LogP) is 4.02. The van der Waals surface area contributed by atoms with Crippen molar-refractivity contribution in [3.8, 4) is 5.75 Å². The van der Waals surface area contributed by atoms with Crippen molar-refractivity contribution in [2.75, 3.05) is 17.2 Å². The number of hydrogen-bond donors (Lipinski definition) is 2. The number of aryl methyl sites for hydroxylation is 1. The van der Waals surface area contributed by atoms with E-state index in [0.29, 0.717) is 18.0 Å². The summed E-state index contributed by atoms with van der Waals surface area (Å²) in [5.74, 6) is 1.19. The quantitative estimate of drug-likeness (QED) is 0.678. The van der Waals surface area contributed by atoms with Gasteiger partial charge in [0, 0.05) is 6.54 Å². The number of nitrogens with zero attached hydrogens (tertiary/aromatic N) is 1. The maximum absolute atomic E-state index is 11.9. The highest BCUT2D eigenvalue weighted by Crippen LogP contribution is 2.13. The van der Waals surface area contributed by atoms with E-state index in [2.05, 4.69) is 34.7 Å². The predicted molar refractivity (Wildman–Crippen MR) is 103 cm³/mol. The van der Waals surface area contributed by atoms with Crippen LogP contribution in [0.5, 0.6) is 5.75 Å². The summed E-state index contributed by atoms with van der Waals surface area (Å²) in [5.41, 5.74) is 3.10. The smallest absolute Gasteiger partial charge is 0.262 e. The SMILES string of the molecule is Cc1ccccc1CNc1ccc(NC(=O)COc2ccccc2)cn1. The van der Waals surface area contributed by atoms with E-state index >= 15 is 0 Å². The molecule has 0 spiro atoms. The van der Waals surface area contributed by atoms with E-state index in [9.17, 15) is 4.79 Å². The summed E-state index contributed by atoms with van der Waals surface area (Å²) < 4.78 is 5.42. The second-order valence-electron chi connectivity index (χ2n) is 5.86. The monoisotopic (exact) mass is 347 g/mol. The summed E-state index contributed by atoms with van der Waals surface area (Å²) in [6.45, 7) is 2.74. The molecule has 26 heavy (non-hydrogen) atoms. The molecule has 5 nitrogen and oxygen atoms in total. The van der Waals surface area contributed by atoms with Crippen LogP contribution in [-0.4, -0.2) is 17.5 Å². The van der Waals surface area contributed by atoms with Crippen LogP contribution in [0.25, 0.3) is 0 Å². The molecule has 0 aliphatic heterocycles. The molecular formula is C21H21N3O2. The third-order valence-electron chi connectivity index (χ3n) is 3.88. The first-order valence-corrected chi connectivity index (χ1v) is 8.43. The zero-order valence-corrected chi connectivity index (χ0v) is 14.6. The highest BCUT2D eigenvalue weighted by molar-refractivity contribution is 5.91. The van der Waals surface area contributed by atoms with Gasteiger partial charge in [0.2, 0.25) is 0 Å². The molecule has 3 rings (SSSR count). The number of para-hydroxylation sites is 1. The number of ether oxygens (including phenoxy) is 1. The van der Waals surface area contributed by atoms with E-state index in [4.69, 9.17) is 4.74 Å². The summed E-state index contributed by atoms with van der Waals surface area (Å²) >= 11 is 0. The zero-order valence-electron chi connectivity index (χ0n) is 14.6. The van der Waals surface area contributed by atoms with Crippen LogP contribution in [-0.2, 0) is 11.3 Å². The molecular weight excluding hydrogens is 326 g/mol. The van der Waals surface area contributed by atoms with Crippen molar-refractivity contribution in [3.63, 3.8) is 0 Å². The first kappa shape index (κ1) is 17.5. The molecule has 0 fully saturated rings. The number of anilines is 2. The molecule has 5 heteroatoms. The molecule has 0 bridgehead atoms. The lowest BCUT2D eigenvalue weighted by molar-refractivity contribution is -0.118. The van der Waals surface area contributed by atoms with E-state index in [-0.39, 0.29) is 12.5 Å². The highest BCUT2D eigenvalue weighted by atomic mass is 16.5. The van der Waals surface area contributed by atoms with E-state index in [0.717, 1.165) is 5.82 Å². The topological polar surface area (TPSA) is 63.2 Å². The van der Waals surface area contributed by atoms with Crippen molar-refractivity contribution in [2.45, 2.75) is 13.5 Å². The minimum absolute atomic E-state index is 0.0443. The molecule has 0 radical (unpaired) electrons. The fourth-order valence-corrected chi connectivity index (χ4v) is 2.43. The molecule has 1 amide bonds. The molecule has 3 aromatic rings. The number of benzene rings is 2. The summed E-state index contributed by atoms with van der Waals surface area (Å²) in [5, 5.41) is 6.05. The lowest BCUT2D eigenvalue weighted by Gasteiger charge is -2.10. The summed E-state index contributed by atoms with van der Waals surface area (Å²) in [7, 11) is 0. The number of carbonyl (C=O) groups excluding carboxylic acids is 1. The highest BCUT2D eigenvalue weighted by Gasteiger charge is 2.04. The number of hydrogen-bond acceptors (Lipinski definition) is 4. The number of rotatable bonds is 7. The normalized spacial score (nSPS) is 10.2. The Balaban J connectivity index is 1.48. The Bertz CT molecular complexity index is 849. The van der Waals surface area contributed by atoms with Crippen LogP contribution in [0.15, 0.2) is 72.9 Å². The maximum Gasteiger partial charge on any atom is 0.262 e. The zero-order chi connectivity index (χ0) is 18.2. The van der Waals surface area contributed by atoms with Crippen LogP contribution in [0.1, 0.15) is 11.1 Å². The lowest BCUT2D eigenvalue weighted by atomic mass is 10.1. The first-order valence-electron chi connectivity index (χ1n) is 8.43. The number of aromatic nitrogens is 1. The number of amides is 1. The third kappa shape index (κ3) is 5.08. The Morgan fingerprint density at radius 2 is 1.77 bits per heavy atom. The number of carbonyl (C=O) groups is 1. The van der Waals surface area contributed by atoms with Crippen molar-refractivity contribution in [2.24, 2.45) is 0 Å². The van der Waals surface area contributed by atoms with Gasteiger partial charge in [-0.05, 0) is 42.3 Å². The average molecular weight is 347 g/mol. The van der Waals surface area contributed by atoms with Crippen molar-refractivity contribution in [3.05, 3.63) is 84.1 Å². The molecule has 132 valence electrons. The van der Waals surface area contributed by atoms with E-state index < -0.39 is 0 Å². The van der Waals surface area contributed by atoms with E-state index in [1.54, 1.807) is 6.20 Å². The largest absolute Gasteiger partial charge is 0.484 e. The molecule has 2 N–H and O–H groups in total. The van der Waals surface area contributed by atoms with Gasteiger partial charge in [0.25, 0.3) is 5.91 Å². The average Bonchev–Trinajstić information content (AvgIpc) is 2.68. The minimum Gasteiger partial charge on any atom is -0.484 e. The second kappa shape index (κ2) is 8.67. The van der Waals surface area contributed by atoms with Gasteiger partial charge in [-0.25, -0.2) is 4.98 Å². The Kier molecular flexibility index (Phi) is 5.83. The van der Waals surface area contributed by atoms with Crippen molar-refractivity contribution >= 4 is 17.4 Å². The van der Waals surface area contributed by atoms with Gasteiger partial charge in [-0.1, -0.05) is 42.5 Å². The van der Waals surface area contributed by atoms with Gasteiger partial charge in [0.1, 0.15) is 11.6 Å². The second-order valence-corrected chi connectivity index (χ2v) is 5.86. The van der Waals surface area contributed by atoms with Gasteiger partial charge in [-0.3, -0.25) is 4.79 Å². The van der Waals surface area contributed by atoms with Crippen LogP contribution in [0.2, 0.25) is 0 Å². The van der Waals surface area contributed by atoms with Gasteiger partial charge < -0.3 is 15.4 Å². The van der Waals surface area contributed by atoms with Gasteiger partial charge in [0.05, 0.1) is 11.9 Å². The van der Waals surface area contributed by atoms with E-state index in [1.807, 2.05) is 54.6 Å². The molecule has 0 aliphatic carbocycles. The van der Waals surface area contributed by atoms with Crippen LogP contribution < -0.4 is 15.4 Å². The van der Waals surface area contributed by atoms with Crippen LogP contribution in [0.3, 0.4) is 0 Å². The molecule has 0 aliphatic rings. The Hall–Kier alpha value is -3.34. The fourth-order valence-electron chi connectivity index (χ4n) is 2.43. The van der Waals surface area contributed by atoms with Gasteiger partial charge >= 0.3 is 0 Å². The lowest BCUT2D eigenvalue weighted by Crippen LogP contribution is -2.20. The van der Waals surface area contributed by atoms with Crippen molar-refractivity contribution < 1.29 is 9.53 Å². The maximum atomic E-state index is 11.9. The summed E-state index contributed by atoms with van der Waals surface area (Å²) in [4.78, 5) is 16.3. The molecule has 0 unspecified atom stereocenters. The Labute approximate surface area is 153 Å². The van der Waals surface area contributed by atoms with Gasteiger partial charge in [-0.15, -0.1) is 0 Å². The van der Waals surface area contributed by atoms with Gasteiger partial charge in [0.15, 0.2) is 6.61 Å². The third-order valence-corrected chi connectivity index (χ3v) is 3.88. The van der Waals surface area contributed by atoms with Crippen molar-refractivity contribution in [1.29, 1.82) is 0 Å². The Morgan fingerprint density at radius 3 is 2.50 bits per heavy atom. The fraction of sp³-hybridized carbons (Fsp3) is 0.143. The van der Waals surface area contributed by atoms with E-state index in [1.165, 1.54) is 11.1 Å². The van der Waals surface area contributed by atoms with Crippen molar-refractivity contribution in [1.82, 2.24) is 4.98 Å². The summed E-state index contributed by atoms with van der Waals surface area (Å²) in [6, 6.07) is 21.1. The minimum atomic E-state index is -0.226. The standard InChI is InChI=1S/C21H21N3O2/c1-16-7-5-6-8-17(16)13-22-20-12-11-18(14-23-20)24-21(25)15-26-19-9-3-2-4-10-19/h2-12,14H,13,15H2,1H3,(H,22,23)(H,24,25). The Morgan fingerprint density at radius 1 is 1.00 bits per heavy atom. The first-order chi connectivity index (χ1) is 12.7. The molecule has 0 atom stereocenters.